The topological polar surface area (TPSA) is 78.4 Å². The molecule has 16 heavy (non-hydrogen) atoms. The summed E-state index contributed by atoms with van der Waals surface area (Å²) in [5, 5.41) is 13.9. The number of hydrogen-bond acceptors (Lipinski definition) is 3. The molecular formula is C9H6Cl2N2O3. The van der Waals surface area contributed by atoms with Crippen molar-refractivity contribution in [1.82, 2.24) is 10.6 Å². The van der Waals surface area contributed by atoms with Crippen LogP contribution in [0.5, 0.6) is 5.75 Å². The van der Waals surface area contributed by atoms with Crippen molar-refractivity contribution in [3.8, 4) is 5.75 Å². The van der Waals surface area contributed by atoms with Gasteiger partial charge in [-0.2, -0.15) is 0 Å². The van der Waals surface area contributed by atoms with Crippen molar-refractivity contribution in [2.75, 3.05) is 0 Å². The number of carbonyl (C=O) groups is 2. The third-order valence-electron chi connectivity index (χ3n) is 2.15. The van der Waals surface area contributed by atoms with Gasteiger partial charge in [-0.05, 0) is 17.7 Å². The van der Waals surface area contributed by atoms with Crippen LogP contribution >= 0.6 is 23.2 Å². The number of benzene rings is 1. The number of phenolic OH excluding ortho intramolecular Hbond substituents is 1. The van der Waals surface area contributed by atoms with Crippen LogP contribution in [0, 0.1) is 0 Å². The van der Waals surface area contributed by atoms with E-state index in [0.29, 0.717) is 5.56 Å². The Balaban J connectivity index is 2.42. The lowest BCUT2D eigenvalue weighted by atomic mass is 10.1. The summed E-state index contributed by atoms with van der Waals surface area (Å²) in [7, 11) is 0. The van der Waals surface area contributed by atoms with Gasteiger partial charge >= 0.3 is 6.03 Å². The fraction of sp³-hybridized carbons (Fsp3) is 0.111. The number of carbonyl (C=O) groups excluding carboxylic acids is 2. The molecule has 3 amide bonds. The molecule has 1 aromatic carbocycles. The van der Waals surface area contributed by atoms with Gasteiger partial charge in [0.15, 0.2) is 5.75 Å². The Bertz CT molecular complexity index is 467. The van der Waals surface area contributed by atoms with Crippen molar-refractivity contribution in [1.29, 1.82) is 0 Å². The highest BCUT2D eigenvalue weighted by Crippen LogP contribution is 2.35. The second kappa shape index (κ2) is 3.84. The van der Waals surface area contributed by atoms with Gasteiger partial charge < -0.3 is 10.4 Å². The van der Waals surface area contributed by atoms with Gasteiger partial charge in [-0.1, -0.05) is 23.2 Å². The lowest BCUT2D eigenvalue weighted by Crippen LogP contribution is -2.22. The van der Waals surface area contributed by atoms with Gasteiger partial charge in [-0.25, -0.2) is 4.79 Å². The molecule has 5 nitrogen and oxygen atoms in total. The molecule has 0 radical (unpaired) electrons. The molecule has 0 spiro atoms. The molecular weight excluding hydrogens is 255 g/mol. The maximum Gasteiger partial charge on any atom is 0.322 e. The summed E-state index contributed by atoms with van der Waals surface area (Å²) in [5.41, 5.74) is 0.413. The maximum absolute atomic E-state index is 11.3. The van der Waals surface area contributed by atoms with Crippen LogP contribution in [0.15, 0.2) is 12.1 Å². The third-order valence-corrected chi connectivity index (χ3v) is 2.72. The molecule has 7 heteroatoms. The smallest absolute Gasteiger partial charge is 0.322 e. The van der Waals surface area contributed by atoms with Gasteiger partial charge in [0.2, 0.25) is 0 Å². The van der Waals surface area contributed by atoms with Crippen molar-refractivity contribution < 1.29 is 14.7 Å². The first-order valence-corrected chi connectivity index (χ1v) is 5.04. The Hall–Kier alpha value is -1.46. The molecule has 2 rings (SSSR count). The molecule has 1 aliphatic heterocycles. The highest BCUT2D eigenvalue weighted by atomic mass is 35.5. The van der Waals surface area contributed by atoms with Crippen LogP contribution in [-0.4, -0.2) is 17.0 Å². The Morgan fingerprint density at radius 2 is 1.75 bits per heavy atom. The number of imide groups is 1. The van der Waals surface area contributed by atoms with Crippen LogP contribution in [0.25, 0.3) is 0 Å². The molecule has 1 heterocycles. The zero-order chi connectivity index (χ0) is 11.9. The highest BCUT2D eigenvalue weighted by molar-refractivity contribution is 6.37. The zero-order valence-corrected chi connectivity index (χ0v) is 9.26. The number of nitrogens with one attached hydrogen (secondary N) is 2. The number of urea groups is 1. The van der Waals surface area contributed by atoms with Gasteiger partial charge in [-0.15, -0.1) is 0 Å². The summed E-state index contributed by atoms with van der Waals surface area (Å²) < 4.78 is 0. The van der Waals surface area contributed by atoms with E-state index in [0.717, 1.165) is 0 Å². The molecule has 0 aliphatic carbocycles. The van der Waals surface area contributed by atoms with Crippen molar-refractivity contribution in [3.63, 3.8) is 0 Å². The summed E-state index contributed by atoms with van der Waals surface area (Å²) in [6.07, 6.45) is 0. The van der Waals surface area contributed by atoms with Crippen LogP contribution in [0.2, 0.25) is 10.0 Å². The van der Waals surface area contributed by atoms with E-state index in [1.165, 1.54) is 12.1 Å². The first kappa shape index (κ1) is 11.0. The molecule has 3 N–H and O–H groups in total. The Kier molecular flexibility index (Phi) is 2.65. The zero-order valence-electron chi connectivity index (χ0n) is 7.75. The molecule has 0 saturated carbocycles. The fourth-order valence-corrected chi connectivity index (χ4v) is 1.91. The maximum atomic E-state index is 11.3. The second-order valence-corrected chi connectivity index (χ2v) is 4.04. The number of rotatable bonds is 1. The van der Waals surface area contributed by atoms with Crippen LogP contribution in [0.1, 0.15) is 11.6 Å². The summed E-state index contributed by atoms with van der Waals surface area (Å²) in [6.45, 7) is 0. The fourth-order valence-electron chi connectivity index (χ4n) is 1.40. The summed E-state index contributed by atoms with van der Waals surface area (Å²) in [6, 6.07) is 1.34. The van der Waals surface area contributed by atoms with Crippen molar-refractivity contribution >= 4 is 35.1 Å². The summed E-state index contributed by atoms with van der Waals surface area (Å²) in [5.74, 6) is -0.736. The van der Waals surface area contributed by atoms with E-state index >= 15 is 0 Å². The minimum absolute atomic E-state index is 0.0245. The number of amides is 3. The molecule has 0 aromatic heterocycles. The average molecular weight is 261 g/mol. The molecule has 0 bridgehead atoms. The standard InChI is InChI=1S/C9H6Cl2N2O3/c10-4-1-3(2-5(11)7(4)14)6-8(15)13-9(16)12-6/h1-2,6,14H,(H2,12,13,15,16). The monoisotopic (exact) mass is 260 g/mol. The van der Waals surface area contributed by atoms with Gasteiger partial charge in [0.05, 0.1) is 10.0 Å². The molecule has 84 valence electrons. The van der Waals surface area contributed by atoms with Gasteiger partial charge in [0.1, 0.15) is 6.04 Å². The first-order valence-electron chi connectivity index (χ1n) is 4.28. The van der Waals surface area contributed by atoms with E-state index in [9.17, 15) is 14.7 Å². The van der Waals surface area contributed by atoms with Crippen LogP contribution in [0.4, 0.5) is 4.79 Å². The van der Waals surface area contributed by atoms with Gasteiger partial charge in [0.25, 0.3) is 5.91 Å². The van der Waals surface area contributed by atoms with E-state index in [1.54, 1.807) is 0 Å². The second-order valence-electron chi connectivity index (χ2n) is 3.23. The molecule has 1 unspecified atom stereocenters. The van der Waals surface area contributed by atoms with E-state index < -0.39 is 18.0 Å². The van der Waals surface area contributed by atoms with Gasteiger partial charge in [0, 0.05) is 0 Å². The lowest BCUT2D eigenvalue weighted by Gasteiger charge is -2.09. The van der Waals surface area contributed by atoms with Crippen molar-refractivity contribution in [2.45, 2.75) is 6.04 Å². The SMILES string of the molecule is O=C1NC(=O)C(c2cc(Cl)c(O)c(Cl)c2)N1. The average Bonchev–Trinajstić information content (AvgIpc) is 2.53. The largest absolute Gasteiger partial charge is 0.505 e. The summed E-state index contributed by atoms with van der Waals surface area (Å²) >= 11 is 11.4. The van der Waals surface area contributed by atoms with Crippen molar-refractivity contribution in [3.05, 3.63) is 27.7 Å². The molecule has 1 aliphatic rings. The lowest BCUT2D eigenvalue weighted by molar-refractivity contribution is -0.120. The molecule has 1 saturated heterocycles. The minimum Gasteiger partial charge on any atom is -0.505 e. The van der Waals surface area contributed by atoms with Crippen LogP contribution in [-0.2, 0) is 4.79 Å². The molecule has 1 aromatic rings. The number of halogens is 2. The number of phenols is 1. The normalized spacial score (nSPS) is 19.5. The van der Waals surface area contributed by atoms with Crippen LogP contribution < -0.4 is 10.6 Å². The number of aromatic hydroxyl groups is 1. The van der Waals surface area contributed by atoms with E-state index in [-0.39, 0.29) is 15.8 Å². The van der Waals surface area contributed by atoms with Crippen LogP contribution in [0.3, 0.4) is 0 Å². The van der Waals surface area contributed by atoms with Crippen molar-refractivity contribution in [2.24, 2.45) is 0 Å². The molecule has 1 atom stereocenters. The minimum atomic E-state index is -0.830. The third kappa shape index (κ3) is 1.79. The Morgan fingerprint density at radius 1 is 1.19 bits per heavy atom. The quantitative estimate of drug-likeness (QED) is 0.671. The Morgan fingerprint density at radius 3 is 2.19 bits per heavy atom. The van der Waals surface area contributed by atoms with E-state index in [4.69, 9.17) is 23.2 Å². The van der Waals surface area contributed by atoms with Gasteiger partial charge in [-0.3, -0.25) is 10.1 Å². The predicted octanol–water partition coefficient (Wildman–Crippen LogP) is 1.58. The van der Waals surface area contributed by atoms with E-state index in [2.05, 4.69) is 10.6 Å². The molecule has 1 fully saturated rings. The Labute approximate surface area is 100 Å². The number of hydrogen-bond donors (Lipinski definition) is 3. The highest BCUT2D eigenvalue weighted by Gasteiger charge is 2.31. The first-order chi connectivity index (χ1) is 7.49. The summed E-state index contributed by atoms with van der Waals surface area (Å²) in [4.78, 5) is 22.3. The van der Waals surface area contributed by atoms with E-state index in [1.807, 2.05) is 0 Å². The predicted molar refractivity (Wildman–Crippen MR) is 57.5 cm³/mol.